The van der Waals surface area contributed by atoms with Gasteiger partial charge in [-0.2, -0.15) is 4.98 Å². The van der Waals surface area contributed by atoms with E-state index >= 15 is 0 Å². The van der Waals surface area contributed by atoms with Gasteiger partial charge in [-0.1, -0.05) is 30.3 Å². The van der Waals surface area contributed by atoms with Crippen LogP contribution < -0.4 is 10.6 Å². The maximum atomic E-state index is 4.49. The predicted octanol–water partition coefficient (Wildman–Crippen LogP) is 4.57. The first-order chi connectivity index (χ1) is 12.6. The Hall–Kier alpha value is -3.06. The highest BCUT2D eigenvalue weighted by Crippen LogP contribution is 2.25. The lowest BCUT2D eigenvalue weighted by Crippen LogP contribution is -2.29. The number of fused-ring (bicyclic) bond motifs is 1. The van der Waals surface area contributed by atoms with Gasteiger partial charge in [-0.15, -0.1) is 11.3 Å². The first kappa shape index (κ1) is 16.4. The Kier molecular flexibility index (Phi) is 4.22. The molecule has 26 heavy (non-hydrogen) atoms. The minimum Gasteiger partial charge on any atom is -0.345 e. The predicted molar refractivity (Wildman–Crippen MR) is 106 cm³/mol. The quantitative estimate of drug-likeness (QED) is 0.541. The standard InChI is InChI=1S/C19H18N6S/c1-19(2,13-6-4-3-5-7-13)25-18-21-11-20-17(24-18)23-14-8-9-15-16(10-14)26-12-22-15/h3-12H,1-2H3,(H2,20,21,23,24,25). The first-order valence-corrected chi connectivity index (χ1v) is 9.11. The van der Waals surface area contributed by atoms with E-state index in [9.17, 15) is 0 Å². The Balaban J connectivity index is 1.54. The molecule has 0 atom stereocenters. The van der Waals surface area contributed by atoms with Crippen LogP contribution in [0.1, 0.15) is 19.4 Å². The zero-order chi connectivity index (χ0) is 18.0. The van der Waals surface area contributed by atoms with Gasteiger partial charge in [-0.3, -0.25) is 0 Å². The second-order valence-corrected chi connectivity index (χ2v) is 7.29. The lowest BCUT2D eigenvalue weighted by Gasteiger charge is -2.26. The van der Waals surface area contributed by atoms with Crippen molar-refractivity contribution in [3.8, 4) is 0 Å². The van der Waals surface area contributed by atoms with E-state index < -0.39 is 0 Å². The summed E-state index contributed by atoms with van der Waals surface area (Å²) in [6.45, 7) is 4.19. The average Bonchev–Trinajstić information content (AvgIpc) is 3.10. The maximum absolute atomic E-state index is 4.49. The zero-order valence-corrected chi connectivity index (χ0v) is 15.3. The molecule has 2 aromatic carbocycles. The summed E-state index contributed by atoms with van der Waals surface area (Å²) in [5, 5.41) is 6.60. The van der Waals surface area contributed by atoms with E-state index in [1.165, 1.54) is 6.33 Å². The van der Waals surface area contributed by atoms with Crippen molar-refractivity contribution in [2.45, 2.75) is 19.4 Å². The van der Waals surface area contributed by atoms with E-state index in [4.69, 9.17) is 0 Å². The topological polar surface area (TPSA) is 75.6 Å². The van der Waals surface area contributed by atoms with E-state index in [1.807, 2.05) is 41.9 Å². The third-order valence-corrected chi connectivity index (χ3v) is 4.87. The number of rotatable bonds is 5. The van der Waals surface area contributed by atoms with Gasteiger partial charge >= 0.3 is 0 Å². The van der Waals surface area contributed by atoms with Gasteiger partial charge in [0.05, 0.1) is 21.3 Å². The molecule has 0 spiro atoms. The summed E-state index contributed by atoms with van der Waals surface area (Å²) in [5.74, 6) is 1.02. The van der Waals surface area contributed by atoms with Crippen LogP contribution in [0.2, 0.25) is 0 Å². The number of nitrogens with one attached hydrogen (secondary N) is 2. The summed E-state index contributed by atoms with van der Waals surface area (Å²) < 4.78 is 1.12. The first-order valence-electron chi connectivity index (χ1n) is 8.23. The van der Waals surface area contributed by atoms with Gasteiger partial charge in [0.1, 0.15) is 6.33 Å². The molecule has 0 saturated carbocycles. The fraction of sp³-hybridized carbons (Fsp3) is 0.158. The van der Waals surface area contributed by atoms with Crippen LogP contribution in [0.3, 0.4) is 0 Å². The number of hydrogen-bond acceptors (Lipinski definition) is 7. The molecular weight excluding hydrogens is 344 g/mol. The van der Waals surface area contributed by atoms with Crippen molar-refractivity contribution in [2.75, 3.05) is 10.6 Å². The molecule has 0 aliphatic heterocycles. The molecule has 0 bridgehead atoms. The second-order valence-electron chi connectivity index (χ2n) is 6.41. The second kappa shape index (κ2) is 6.68. The summed E-state index contributed by atoms with van der Waals surface area (Å²) in [4.78, 5) is 17.3. The van der Waals surface area contributed by atoms with Crippen LogP contribution in [-0.2, 0) is 5.54 Å². The lowest BCUT2D eigenvalue weighted by atomic mass is 9.95. The number of aromatic nitrogens is 4. The Morgan fingerprint density at radius 1 is 0.923 bits per heavy atom. The Labute approximate surface area is 155 Å². The zero-order valence-electron chi connectivity index (χ0n) is 14.5. The van der Waals surface area contributed by atoms with Crippen LogP contribution in [0.5, 0.6) is 0 Å². The molecule has 4 rings (SSSR count). The van der Waals surface area contributed by atoms with Gasteiger partial charge in [0.25, 0.3) is 0 Å². The number of benzene rings is 2. The molecule has 4 aromatic rings. The van der Waals surface area contributed by atoms with E-state index in [2.05, 4.69) is 56.5 Å². The van der Waals surface area contributed by atoms with Crippen LogP contribution in [0.4, 0.5) is 17.6 Å². The fourth-order valence-corrected chi connectivity index (χ4v) is 3.40. The number of anilines is 3. The van der Waals surface area contributed by atoms with Gasteiger partial charge in [0.2, 0.25) is 11.9 Å². The van der Waals surface area contributed by atoms with E-state index in [1.54, 1.807) is 11.3 Å². The molecule has 0 aliphatic carbocycles. The highest BCUT2D eigenvalue weighted by Gasteiger charge is 2.21. The van der Waals surface area contributed by atoms with Crippen molar-refractivity contribution in [3.05, 3.63) is 65.9 Å². The fourth-order valence-electron chi connectivity index (χ4n) is 2.69. The smallest absolute Gasteiger partial charge is 0.231 e. The lowest BCUT2D eigenvalue weighted by molar-refractivity contribution is 0.601. The molecule has 130 valence electrons. The molecular formula is C19H18N6S. The SMILES string of the molecule is CC(C)(Nc1ncnc(Nc2ccc3ncsc3c2)n1)c1ccccc1. The summed E-state index contributed by atoms with van der Waals surface area (Å²) in [6, 6.07) is 16.2. The van der Waals surface area contributed by atoms with Crippen molar-refractivity contribution >= 4 is 39.1 Å². The molecule has 0 unspecified atom stereocenters. The molecule has 2 heterocycles. The van der Waals surface area contributed by atoms with Crippen LogP contribution in [0, 0.1) is 0 Å². The van der Waals surface area contributed by atoms with Gasteiger partial charge < -0.3 is 10.6 Å². The van der Waals surface area contributed by atoms with Crippen LogP contribution in [0.15, 0.2) is 60.4 Å². The highest BCUT2D eigenvalue weighted by molar-refractivity contribution is 7.16. The van der Waals surface area contributed by atoms with Gasteiger partial charge in [0.15, 0.2) is 0 Å². The summed E-state index contributed by atoms with van der Waals surface area (Å²) in [6.07, 6.45) is 1.50. The largest absolute Gasteiger partial charge is 0.345 e. The highest BCUT2D eigenvalue weighted by atomic mass is 32.1. The number of nitrogens with zero attached hydrogens (tertiary/aromatic N) is 4. The van der Waals surface area contributed by atoms with E-state index in [-0.39, 0.29) is 5.54 Å². The van der Waals surface area contributed by atoms with Crippen LogP contribution >= 0.6 is 11.3 Å². The Morgan fingerprint density at radius 2 is 1.73 bits per heavy atom. The van der Waals surface area contributed by atoms with Crippen LogP contribution in [-0.4, -0.2) is 19.9 Å². The molecule has 7 heteroatoms. The third kappa shape index (κ3) is 3.48. The van der Waals surface area contributed by atoms with Crippen molar-refractivity contribution < 1.29 is 0 Å². The molecule has 0 saturated heterocycles. The molecule has 0 radical (unpaired) electrons. The van der Waals surface area contributed by atoms with Crippen molar-refractivity contribution in [3.63, 3.8) is 0 Å². The average molecular weight is 362 g/mol. The summed E-state index contributed by atoms with van der Waals surface area (Å²) in [7, 11) is 0. The Morgan fingerprint density at radius 3 is 2.58 bits per heavy atom. The third-order valence-electron chi connectivity index (χ3n) is 4.08. The minimum atomic E-state index is -0.304. The van der Waals surface area contributed by atoms with E-state index in [0.29, 0.717) is 11.9 Å². The number of hydrogen-bond donors (Lipinski definition) is 2. The molecule has 6 nitrogen and oxygen atoms in total. The monoisotopic (exact) mass is 362 g/mol. The van der Waals surface area contributed by atoms with Crippen molar-refractivity contribution in [1.29, 1.82) is 0 Å². The molecule has 0 fully saturated rings. The van der Waals surface area contributed by atoms with Gasteiger partial charge in [-0.25, -0.2) is 15.0 Å². The Bertz CT molecular complexity index is 1030. The molecule has 2 N–H and O–H groups in total. The molecule has 0 amide bonds. The van der Waals surface area contributed by atoms with E-state index in [0.717, 1.165) is 21.5 Å². The minimum absolute atomic E-state index is 0.304. The molecule has 2 aromatic heterocycles. The van der Waals surface area contributed by atoms with Crippen molar-refractivity contribution in [2.24, 2.45) is 0 Å². The number of thiazole rings is 1. The van der Waals surface area contributed by atoms with Crippen molar-refractivity contribution in [1.82, 2.24) is 19.9 Å². The summed E-state index contributed by atoms with van der Waals surface area (Å²) in [5.41, 5.74) is 4.60. The van der Waals surface area contributed by atoms with Gasteiger partial charge in [-0.05, 0) is 37.6 Å². The van der Waals surface area contributed by atoms with Crippen LogP contribution in [0.25, 0.3) is 10.2 Å². The normalized spacial score (nSPS) is 11.5. The molecule has 0 aliphatic rings. The van der Waals surface area contributed by atoms with Gasteiger partial charge in [0, 0.05) is 5.69 Å². The maximum Gasteiger partial charge on any atom is 0.231 e. The summed E-state index contributed by atoms with van der Waals surface area (Å²) >= 11 is 1.60.